The van der Waals surface area contributed by atoms with Gasteiger partial charge < -0.3 is 9.47 Å². The Morgan fingerprint density at radius 3 is 2.48 bits per heavy atom. The van der Waals surface area contributed by atoms with Gasteiger partial charge in [0.05, 0.1) is 10.4 Å². The van der Waals surface area contributed by atoms with Gasteiger partial charge in [0.2, 0.25) is 0 Å². The van der Waals surface area contributed by atoms with Crippen LogP contribution in [0.3, 0.4) is 0 Å². The molecule has 0 aliphatic heterocycles. The van der Waals surface area contributed by atoms with Crippen LogP contribution in [0.4, 0.5) is 0 Å². The lowest BCUT2D eigenvalue weighted by atomic mass is 10.2. The van der Waals surface area contributed by atoms with Gasteiger partial charge in [-0.3, -0.25) is 0 Å². The molecule has 0 fully saturated rings. The van der Waals surface area contributed by atoms with Gasteiger partial charge in [-0.15, -0.1) is 11.3 Å². The molecule has 2 aromatic carbocycles. The summed E-state index contributed by atoms with van der Waals surface area (Å²) in [5, 5.41) is 2.49. The molecule has 5 heteroatoms. The fraction of sp³-hybridized carbons (Fsp3) is 0.0556. The van der Waals surface area contributed by atoms with E-state index in [0.717, 1.165) is 10.6 Å². The third-order valence-electron chi connectivity index (χ3n) is 3.09. The van der Waals surface area contributed by atoms with E-state index in [1.165, 1.54) is 11.3 Å². The van der Waals surface area contributed by atoms with Gasteiger partial charge in [-0.1, -0.05) is 29.8 Å². The van der Waals surface area contributed by atoms with Gasteiger partial charge in [-0.25, -0.2) is 4.79 Å². The Labute approximate surface area is 143 Å². The first-order valence-corrected chi connectivity index (χ1v) is 8.20. The molecule has 3 nitrogen and oxygen atoms in total. The number of benzene rings is 2. The van der Waals surface area contributed by atoms with Crippen molar-refractivity contribution in [3.63, 3.8) is 0 Å². The molecule has 0 aliphatic rings. The summed E-state index contributed by atoms with van der Waals surface area (Å²) in [6.45, 7) is 0.168. The lowest BCUT2D eigenvalue weighted by Gasteiger charge is -2.08. The largest absolute Gasteiger partial charge is 0.456 e. The molecule has 3 aromatic rings. The van der Waals surface area contributed by atoms with Crippen LogP contribution in [0.1, 0.15) is 15.2 Å². The van der Waals surface area contributed by atoms with Crippen LogP contribution in [0.25, 0.3) is 0 Å². The van der Waals surface area contributed by atoms with Gasteiger partial charge in [0.1, 0.15) is 18.1 Å². The molecule has 0 amide bonds. The summed E-state index contributed by atoms with van der Waals surface area (Å²) < 4.78 is 11.1. The maximum Gasteiger partial charge on any atom is 0.338 e. The van der Waals surface area contributed by atoms with E-state index in [4.69, 9.17) is 21.1 Å². The zero-order valence-electron chi connectivity index (χ0n) is 12.1. The number of hydrogen-bond acceptors (Lipinski definition) is 4. The Balaban J connectivity index is 1.64. The first kappa shape index (κ1) is 15.6. The first-order valence-electron chi connectivity index (χ1n) is 6.94. The lowest BCUT2D eigenvalue weighted by Crippen LogP contribution is -2.04. The average molecular weight is 345 g/mol. The third kappa shape index (κ3) is 4.12. The van der Waals surface area contributed by atoms with Crippen LogP contribution in [-0.4, -0.2) is 5.97 Å². The van der Waals surface area contributed by atoms with Crippen molar-refractivity contribution in [2.45, 2.75) is 6.61 Å². The van der Waals surface area contributed by atoms with Crippen molar-refractivity contribution in [1.29, 1.82) is 0 Å². The van der Waals surface area contributed by atoms with Crippen molar-refractivity contribution in [1.82, 2.24) is 0 Å². The van der Waals surface area contributed by atoms with E-state index in [9.17, 15) is 4.79 Å². The minimum Gasteiger partial charge on any atom is -0.456 e. The minimum atomic E-state index is -0.388. The summed E-state index contributed by atoms with van der Waals surface area (Å²) in [5.74, 6) is 1.06. The molecule has 0 spiro atoms. The van der Waals surface area contributed by atoms with E-state index in [-0.39, 0.29) is 12.6 Å². The summed E-state index contributed by atoms with van der Waals surface area (Å²) in [4.78, 5) is 12.9. The molecular weight excluding hydrogens is 332 g/mol. The Morgan fingerprint density at radius 1 is 1.00 bits per heavy atom. The summed E-state index contributed by atoms with van der Waals surface area (Å²) >= 11 is 7.29. The molecule has 3 rings (SSSR count). The fourth-order valence-electron chi connectivity index (χ4n) is 1.94. The van der Waals surface area contributed by atoms with E-state index in [2.05, 4.69) is 0 Å². The second-order valence-electron chi connectivity index (χ2n) is 4.71. The summed E-state index contributed by atoms with van der Waals surface area (Å²) in [7, 11) is 0. The van der Waals surface area contributed by atoms with Gasteiger partial charge in [0, 0.05) is 5.02 Å². The zero-order valence-corrected chi connectivity index (χ0v) is 13.6. The van der Waals surface area contributed by atoms with Crippen LogP contribution in [0.5, 0.6) is 11.5 Å². The highest BCUT2D eigenvalue weighted by Gasteiger charge is 2.11. The number of hydrogen-bond donors (Lipinski definition) is 0. The number of halogens is 1. The van der Waals surface area contributed by atoms with E-state index < -0.39 is 0 Å². The second kappa shape index (κ2) is 7.31. The fourth-order valence-corrected chi connectivity index (χ4v) is 2.78. The second-order valence-corrected chi connectivity index (χ2v) is 6.14. The number of thiophene rings is 1. The maximum absolute atomic E-state index is 12.0. The number of carbonyl (C=O) groups is 1. The molecule has 0 atom stereocenters. The molecule has 1 heterocycles. The van der Waals surface area contributed by atoms with Crippen LogP contribution in [0, 0.1) is 0 Å². The van der Waals surface area contributed by atoms with Crippen molar-refractivity contribution in [2.75, 3.05) is 0 Å². The number of ether oxygens (including phenoxy) is 2. The van der Waals surface area contributed by atoms with E-state index in [1.54, 1.807) is 24.3 Å². The smallest absolute Gasteiger partial charge is 0.338 e. The van der Waals surface area contributed by atoms with Crippen LogP contribution >= 0.6 is 22.9 Å². The molecular formula is C18H13ClO3S. The van der Waals surface area contributed by atoms with E-state index in [0.29, 0.717) is 16.3 Å². The van der Waals surface area contributed by atoms with Crippen molar-refractivity contribution in [3.8, 4) is 11.5 Å². The topological polar surface area (TPSA) is 35.5 Å². The molecule has 116 valence electrons. The Morgan fingerprint density at radius 2 is 1.74 bits per heavy atom. The Bertz CT molecular complexity index is 782. The van der Waals surface area contributed by atoms with Crippen LogP contribution in [0.15, 0.2) is 66.0 Å². The molecule has 0 N–H and O–H groups in total. The Kier molecular flexibility index (Phi) is 4.95. The highest BCUT2D eigenvalue weighted by Crippen LogP contribution is 2.30. The highest BCUT2D eigenvalue weighted by atomic mass is 35.5. The van der Waals surface area contributed by atoms with Gasteiger partial charge in [0.25, 0.3) is 0 Å². The van der Waals surface area contributed by atoms with E-state index >= 15 is 0 Å². The molecule has 0 bridgehead atoms. The number of esters is 1. The van der Waals surface area contributed by atoms with Crippen molar-refractivity contribution >= 4 is 28.9 Å². The van der Waals surface area contributed by atoms with Gasteiger partial charge in [-0.2, -0.15) is 0 Å². The minimum absolute atomic E-state index is 0.168. The van der Waals surface area contributed by atoms with Gasteiger partial charge in [-0.05, 0) is 47.8 Å². The molecule has 1 aromatic heterocycles. The monoisotopic (exact) mass is 344 g/mol. The van der Waals surface area contributed by atoms with Gasteiger partial charge in [0.15, 0.2) is 0 Å². The average Bonchev–Trinajstić information content (AvgIpc) is 3.01. The molecule has 0 unspecified atom stereocenters. The summed E-state index contributed by atoms with van der Waals surface area (Å²) in [6.07, 6.45) is 0. The van der Waals surface area contributed by atoms with Crippen LogP contribution < -0.4 is 4.74 Å². The number of rotatable bonds is 5. The molecule has 0 saturated heterocycles. The maximum atomic E-state index is 12.0. The number of para-hydroxylation sites is 1. The SMILES string of the molecule is O=C(OCc1sccc1Oc1ccccc1)c1ccc(Cl)cc1. The van der Waals surface area contributed by atoms with Crippen molar-refractivity contribution in [3.05, 3.63) is 81.5 Å². The van der Waals surface area contributed by atoms with Gasteiger partial charge >= 0.3 is 5.97 Å². The molecule has 0 aliphatic carbocycles. The van der Waals surface area contributed by atoms with Crippen LogP contribution in [0.2, 0.25) is 5.02 Å². The van der Waals surface area contributed by atoms with E-state index in [1.807, 2.05) is 41.8 Å². The standard InChI is InChI=1S/C18H13ClO3S/c19-14-8-6-13(7-9-14)18(20)21-12-17-16(10-11-23-17)22-15-4-2-1-3-5-15/h1-11H,12H2. The predicted molar refractivity (Wildman–Crippen MR) is 91.4 cm³/mol. The quantitative estimate of drug-likeness (QED) is 0.569. The molecule has 0 saturated carbocycles. The molecule has 23 heavy (non-hydrogen) atoms. The third-order valence-corrected chi connectivity index (χ3v) is 4.22. The first-order chi connectivity index (χ1) is 11.2. The zero-order chi connectivity index (χ0) is 16.1. The summed E-state index contributed by atoms with van der Waals surface area (Å²) in [5.41, 5.74) is 0.469. The lowest BCUT2D eigenvalue weighted by molar-refractivity contribution is 0.0475. The Hall–Kier alpha value is -2.30. The van der Waals surface area contributed by atoms with Crippen LogP contribution in [-0.2, 0) is 11.3 Å². The molecule has 0 radical (unpaired) electrons. The normalized spacial score (nSPS) is 10.3. The number of carbonyl (C=O) groups excluding carboxylic acids is 1. The predicted octanol–water partition coefficient (Wildman–Crippen LogP) is 5.55. The van der Waals surface area contributed by atoms with Crippen molar-refractivity contribution in [2.24, 2.45) is 0 Å². The summed E-state index contributed by atoms with van der Waals surface area (Å²) in [6, 6.07) is 18.0. The van der Waals surface area contributed by atoms with Crippen molar-refractivity contribution < 1.29 is 14.3 Å². The highest BCUT2D eigenvalue weighted by molar-refractivity contribution is 7.10.